The molecule has 0 atom stereocenters. The molecule has 9 nitrogen and oxygen atoms in total. The summed E-state index contributed by atoms with van der Waals surface area (Å²) in [5, 5.41) is 22.4. The summed E-state index contributed by atoms with van der Waals surface area (Å²) >= 11 is 11.4. The number of benzene rings is 1. The van der Waals surface area contributed by atoms with Gasteiger partial charge in [0, 0.05) is 16.8 Å². The smallest absolute Gasteiger partial charge is 0.325 e. The van der Waals surface area contributed by atoms with Crippen LogP contribution >= 0.6 is 23.2 Å². The molecule has 0 saturated carbocycles. The zero-order valence-corrected chi connectivity index (χ0v) is 14.2. The molecule has 0 aliphatic carbocycles. The highest BCUT2D eigenvalue weighted by molar-refractivity contribution is 6.38. The van der Waals surface area contributed by atoms with Crippen molar-refractivity contribution in [1.82, 2.24) is 15.4 Å². The normalized spacial score (nSPS) is 11.0. The number of phenols is 2. The topological polar surface area (TPSA) is 148 Å². The van der Waals surface area contributed by atoms with Gasteiger partial charge in [-0.25, -0.2) is 10.2 Å². The summed E-state index contributed by atoms with van der Waals surface area (Å²) < 4.78 is 0. The van der Waals surface area contributed by atoms with E-state index < -0.39 is 28.7 Å². The van der Waals surface area contributed by atoms with Crippen LogP contribution in [0.25, 0.3) is 0 Å². The zero-order valence-electron chi connectivity index (χ0n) is 12.7. The molecule has 0 saturated heterocycles. The number of aromatic amines is 2. The molecule has 2 aromatic rings. The van der Waals surface area contributed by atoms with Crippen LogP contribution in [-0.2, 0) is 11.2 Å². The molecule has 2 rings (SSSR count). The number of hydrogen-bond donors (Lipinski definition) is 5. The Bertz CT molecular complexity index is 980. The van der Waals surface area contributed by atoms with Gasteiger partial charge in [-0.1, -0.05) is 23.2 Å². The zero-order chi connectivity index (χ0) is 18.7. The quantitative estimate of drug-likeness (QED) is 0.389. The highest BCUT2D eigenvalue weighted by atomic mass is 35.5. The minimum atomic E-state index is -0.671. The third kappa shape index (κ3) is 4.20. The third-order valence-electron chi connectivity index (χ3n) is 3.18. The number of H-pyrrole nitrogens is 2. The van der Waals surface area contributed by atoms with Crippen LogP contribution in [-0.4, -0.2) is 32.3 Å². The van der Waals surface area contributed by atoms with Gasteiger partial charge in [0.2, 0.25) is 5.91 Å². The number of amides is 1. The van der Waals surface area contributed by atoms with E-state index in [1.807, 2.05) is 4.98 Å². The van der Waals surface area contributed by atoms with Gasteiger partial charge in [0.05, 0.1) is 17.7 Å². The Hall–Kier alpha value is -2.78. The molecule has 5 N–H and O–H groups in total. The molecule has 0 unspecified atom stereocenters. The maximum Gasteiger partial charge on any atom is 0.325 e. The molecule has 0 bridgehead atoms. The maximum atomic E-state index is 11.8. The number of nitrogens with one attached hydrogen (secondary N) is 3. The second kappa shape index (κ2) is 7.41. The standard InChI is InChI=1S/C14H12Cl2N4O5/c1-5-7(13(24)19-14(25)18-5)3-9(21)20-17-4-6-2-8(15)12(23)10(16)11(6)22/h2,4,22-23H,3H2,1H3,(H,20,21)(H2,18,19,24,25)/b17-4-. The summed E-state index contributed by atoms with van der Waals surface area (Å²) in [7, 11) is 0. The fourth-order valence-corrected chi connectivity index (χ4v) is 2.40. The lowest BCUT2D eigenvalue weighted by Crippen LogP contribution is -2.30. The third-order valence-corrected chi connectivity index (χ3v) is 3.83. The van der Waals surface area contributed by atoms with Crippen LogP contribution in [0.4, 0.5) is 0 Å². The Labute approximate surface area is 149 Å². The van der Waals surface area contributed by atoms with E-state index in [0.717, 1.165) is 6.21 Å². The van der Waals surface area contributed by atoms with Gasteiger partial charge in [-0.05, 0) is 13.0 Å². The Morgan fingerprint density at radius 2 is 1.96 bits per heavy atom. The van der Waals surface area contributed by atoms with Crippen LogP contribution in [0.1, 0.15) is 16.8 Å². The number of nitrogens with zero attached hydrogens (tertiary/aromatic N) is 1. The number of aromatic hydroxyl groups is 2. The van der Waals surface area contributed by atoms with Gasteiger partial charge in [-0.2, -0.15) is 5.10 Å². The largest absolute Gasteiger partial charge is 0.506 e. The van der Waals surface area contributed by atoms with Crippen molar-refractivity contribution in [3.05, 3.63) is 53.8 Å². The Balaban J connectivity index is 2.12. The number of hydrogen-bond acceptors (Lipinski definition) is 6. The number of halogens is 2. The predicted molar refractivity (Wildman–Crippen MR) is 91.7 cm³/mol. The molecule has 1 heterocycles. The molecule has 0 aliphatic rings. The number of phenolic OH excluding ortho intramolecular Hbond substituents is 2. The molecule has 0 aliphatic heterocycles. The molecule has 25 heavy (non-hydrogen) atoms. The Kier molecular flexibility index (Phi) is 5.50. The van der Waals surface area contributed by atoms with Crippen molar-refractivity contribution in [3.63, 3.8) is 0 Å². The lowest BCUT2D eigenvalue weighted by molar-refractivity contribution is -0.120. The van der Waals surface area contributed by atoms with Gasteiger partial charge in [0.25, 0.3) is 5.56 Å². The van der Waals surface area contributed by atoms with Crippen LogP contribution in [0.15, 0.2) is 20.8 Å². The maximum absolute atomic E-state index is 11.8. The predicted octanol–water partition coefficient (Wildman–Crippen LogP) is 0.782. The number of rotatable bonds is 4. The minimum absolute atomic E-state index is 0.0613. The van der Waals surface area contributed by atoms with Crippen molar-refractivity contribution in [2.45, 2.75) is 13.3 Å². The van der Waals surface area contributed by atoms with Gasteiger partial charge < -0.3 is 15.2 Å². The minimum Gasteiger partial charge on any atom is -0.506 e. The SMILES string of the molecule is Cc1[nH]c(=O)[nH]c(=O)c1CC(=O)N/N=C\c1cc(Cl)c(O)c(Cl)c1O. The summed E-state index contributed by atoms with van der Waals surface area (Å²) in [6, 6.07) is 1.20. The molecule has 1 aromatic carbocycles. The summed E-state index contributed by atoms with van der Waals surface area (Å²) in [5.74, 6) is -1.57. The van der Waals surface area contributed by atoms with Crippen LogP contribution in [0, 0.1) is 6.92 Å². The first-order valence-corrected chi connectivity index (χ1v) is 7.50. The van der Waals surface area contributed by atoms with Crippen LogP contribution in [0.5, 0.6) is 11.5 Å². The first kappa shape index (κ1) is 18.6. The molecular formula is C14H12Cl2N4O5. The lowest BCUT2D eigenvalue weighted by Gasteiger charge is -2.06. The van der Waals surface area contributed by atoms with E-state index in [-0.39, 0.29) is 33.3 Å². The molecule has 1 aromatic heterocycles. The van der Waals surface area contributed by atoms with Crippen molar-refractivity contribution in [2.75, 3.05) is 0 Å². The first-order valence-electron chi connectivity index (χ1n) is 6.74. The van der Waals surface area contributed by atoms with E-state index in [2.05, 4.69) is 15.5 Å². The van der Waals surface area contributed by atoms with E-state index in [9.17, 15) is 24.6 Å². The van der Waals surface area contributed by atoms with Crippen LogP contribution in [0.2, 0.25) is 10.0 Å². The number of carbonyl (C=O) groups is 1. The van der Waals surface area contributed by atoms with Crippen molar-refractivity contribution in [3.8, 4) is 11.5 Å². The Morgan fingerprint density at radius 3 is 2.60 bits per heavy atom. The molecule has 0 spiro atoms. The van der Waals surface area contributed by atoms with Crippen molar-refractivity contribution in [1.29, 1.82) is 0 Å². The van der Waals surface area contributed by atoms with E-state index >= 15 is 0 Å². The van der Waals surface area contributed by atoms with Gasteiger partial charge in [0.1, 0.15) is 10.8 Å². The van der Waals surface area contributed by atoms with Gasteiger partial charge >= 0.3 is 5.69 Å². The molecule has 1 amide bonds. The van der Waals surface area contributed by atoms with Crippen molar-refractivity contribution in [2.24, 2.45) is 5.10 Å². The second-order valence-electron chi connectivity index (χ2n) is 4.94. The van der Waals surface area contributed by atoms with Gasteiger partial charge in [-0.15, -0.1) is 0 Å². The monoisotopic (exact) mass is 386 g/mol. The van der Waals surface area contributed by atoms with Crippen LogP contribution in [0.3, 0.4) is 0 Å². The fourth-order valence-electron chi connectivity index (χ4n) is 1.93. The summed E-state index contributed by atoms with van der Waals surface area (Å²) in [5.41, 5.74) is 1.24. The summed E-state index contributed by atoms with van der Waals surface area (Å²) in [4.78, 5) is 39.0. The van der Waals surface area contributed by atoms with E-state index in [0.29, 0.717) is 0 Å². The molecule has 0 radical (unpaired) electrons. The average molecular weight is 387 g/mol. The highest BCUT2D eigenvalue weighted by Gasteiger charge is 2.14. The van der Waals surface area contributed by atoms with Gasteiger partial charge in [0.15, 0.2) is 5.75 Å². The number of aryl methyl sites for hydroxylation is 1. The summed E-state index contributed by atoms with van der Waals surface area (Å²) in [6.45, 7) is 1.49. The number of carbonyl (C=O) groups excluding carboxylic acids is 1. The first-order chi connectivity index (χ1) is 11.7. The molecule has 0 fully saturated rings. The lowest BCUT2D eigenvalue weighted by atomic mass is 10.1. The average Bonchev–Trinajstić information content (AvgIpc) is 2.53. The summed E-state index contributed by atoms with van der Waals surface area (Å²) in [6.07, 6.45) is 0.743. The molecular weight excluding hydrogens is 375 g/mol. The molecule has 11 heteroatoms. The number of hydrazone groups is 1. The van der Waals surface area contributed by atoms with E-state index in [1.165, 1.54) is 13.0 Å². The van der Waals surface area contributed by atoms with Gasteiger partial charge in [-0.3, -0.25) is 14.6 Å². The number of aromatic nitrogens is 2. The van der Waals surface area contributed by atoms with Crippen molar-refractivity contribution < 1.29 is 15.0 Å². The van der Waals surface area contributed by atoms with Crippen molar-refractivity contribution >= 4 is 35.3 Å². The second-order valence-corrected chi connectivity index (χ2v) is 5.73. The van der Waals surface area contributed by atoms with Crippen LogP contribution < -0.4 is 16.7 Å². The van der Waals surface area contributed by atoms with E-state index in [1.54, 1.807) is 0 Å². The highest BCUT2D eigenvalue weighted by Crippen LogP contribution is 2.40. The molecule has 132 valence electrons. The van der Waals surface area contributed by atoms with E-state index in [4.69, 9.17) is 23.2 Å². The fraction of sp³-hybridized carbons (Fsp3) is 0.143. The Morgan fingerprint density at radius 1 is 1.28 bits per heavy atom.